The third-order valence-corrected chi connectivity index (χ3v) is 8.94. The van der Waals surface area contributed by atoms with E-state index in [0.717, 1.165) is 15.9 Å². The van der Waals surface area contributed by atoms with Gasteiger partial charge in [0.25, 0.3) is 0 Å². The highest BCUT2D eigenvalue weighted by Gasteiger charge is 2.31. The van der Waals surface area contributed by atoms with Crippen molar-refractivity contribution in [1.82, 2.24) is 13.9 Å². The summed E-state index contributed by atoms with van der Waals surface area (Å²) in [7, 11) is -7.72. The van der Waals surface area contributed by atoms with Crippen molar-refractivity contribution >= 4 is 26.0 Å². The summed E-state index contributed by atoms with van der Waals surface area (Å²) < 4.78 is 67.7. The lowest BCUT2D eigenvalue weighted by Crippen LogP contribution is -2.51. The van der Waals surface area contributed by atoms with Gasteiger partial charge in [-0.1, -0.05) is 38.1 Å². The van der Waals surface area contributed by atoms with E-state index >= 15 is 0 Å². The molecule has 1 aliphatic rings. The molecule has 0 radical (unpaired) electrons. The predicted molar refractivity (Wildman–Crippen MR) is 122 cm³/mol. The molecule has 180 valence electrons. The Labute approximate surface area is 194 Å². The zero-order chi connectivity index (χ0) is 24.2. The summed E-state index contributed by atoms with van der Waals surface area (Å²) in [6.45, 7) is 4.34. The molecule has 1 aliphatic heterocycles. The Morgan fingerprint density at radius 3 is 2.15 bits per heavy atom. The van der Waals surface area contributed by atoms with Crippen LogP contribution in [-0.2, 0) is 24.8 Å². The second kappa shape index (κ2) is 10.3. The van der Waals surface area contributed by atoms with Gasteiger partial charge in [-0.3, -0.25) is 4.79 Å². The van der Waals surface area contributed by atoms with Gasteiger partial charge in [0.05, 0.1) is 4.90 Å². The largest absolute Gasteiger partial charge is 0.340 e. The van der Waals surface area contributed by atoms with E-state index in [1.54, 1.807) is 12.1 Å². The molecule has 0 spiro atoms. The molecule has 0 saturated carbocycles. The van der Waals surface area contributed by atoms with Gasteiger partial charge in [0, 0.05) is 39.1 Å². The van der Waals surface area contributed by atoms with Crippen molar-refractivity contribution in [2.75, 3.05) is 32.7 Å². The van der Waals surface area contributed by atoms with E-state index < -0.39 is 25.9 Å². The van der Waals surface area contributed by atoms with Crippen molar-refractivity contribution in [2.45, 2.75) is 36.0 Å². The van der Waals surface area contributed by atoms with Crippen LogP contribution >= 0.6 is 0 Å². The zero-order valence-electron chi connectivity index (χ0n) is 18.6. The molecule has 1 heterocycles. The third kappa shape index (κ3) is 5.97. The first-order valence-corrected chi connectivity index (χ1v) is 13.6. The number of nitrogens with zero attached hydrogens (tertiary/aromatic N) is 2. The molecule has 3 rings (SSSR count). The first-order chi connectivity index (χ1) is 15.5. The number of piperazine rings is 1. The lowest BCUT2D eigenvalue weighted by molar-refractivity contribution is -0.132. The maximum Gasteiger partial charge on any atom is 0.246 e. The summed E-state index contributed by atoms with van der Waals surface area (Å²) in [5, 5.41) is 0. The van der Waals surface area contributed by atoms with Gasteiger partial charge < -0.3 is 4.90 Å². The third-order valence-electron chi connectivity index (χ3n) is 5.53. The molecule has 33 heavy (non-hydrogen) atoms. The standard InChI is InChI=1S/C22H28FN3O5S2/c1-17(2)18-7-9-19(10-8-18)32(28,29)24-12-11-22(27)25-13-15-26(16-14-25)33(30,31)21-6-4-3-5-20(21)23/h3-10,17,24H,11-16H2,1-2H3. The maximum absolute atomic E-state index is 13.9. The Bertz CT molecular complexity index is 1190. The number of carbonyl (C=O) groups excluding carboxylic acids is 1. The van der Waals surface area contributed by atoms with Gasteiger partial charge in [-0.25, -0.2) is 25.9 Å². The van der Waals surface area contributed by atoms with Crippen molar-refractivity contribution in [1.29, 1.82) is 0 Å². The van der Waals surface area contributed by atoms with E-state index in [-0.39, 0.29) is 60.8 Å². The maximum atomic E-state index is 13.9. The fraction of sp³-hybridized carbons (Fsp3) is 0.409. The van der Waals surface area contributed by atoms with Gasteiger partial charge in [-0.2, -0.15) is 4.31 Å². The molecule has 1 fully saturated rings. The molecule has 1 amide bonds. The van der Waals surface area contributed by atoms with Gasteiger partial charge in [0.15, 0.2) is 0 Å². The van der Waals surface area contributed by atoms with E-state index in [9.17, 15) is 26.0 Å². The van der Waals surface area contributed by atoms with Gasteiger partial charge in [0.1, 0.15) is 10.7 Å². The summed E-state index contributed by atoms with van der Waals surface area (Å²) in [4.78, 5) is 13.7. The van der Waals surface area contributed by atoms with Crippen molar-refractivity contribution in [3.63, 3.8) is 0 Å². The highest BCUT2D eigenvalue weighted by Crippen LogP contribution is 2.21. The van der Waals surface area contributed by atoms with Gasteiger partial charge in [-0.15, -0.1) is 0 Å². The highest BCUT2D eigenvalue weighted by molar-refractivity contribution is 7.89. The van der Waals surface area contributed by atoms with Crippen molar-refractivity contribution in [3.05, 3.63) is 59.9 Å². The zero-order valence-corrected chi connectivity index (χ0v) is 20.2. The van der Waals surface area contributed by atoms with Gasteiger partial charge in [-0.05, 0) is 35.7 Å². The highest BCUT2D eigenvalue weighted by atomic mass is 32.2. The van der Waals surface area contributed by atoms with Crippen molar-refractivity contribution in [3.8, 4) is 0 Å². The predicted octanol–water partition coefficient (Wildman–Crippen LogP) is 2.15. The van der Waals surface area contributed by atoms with Crippen LogP contribution in [0, 0.1) is 5.82 Å². The van der Waals surface area contributed by atoms with Crippen LogP contribution in [0.1, 0.15) is 31.7 Å². The molecule has 8 nitrogen and oxygen atoms in total. The van der Waals surface area contributed by atoms with Crippen LogP contribution in [0.5, 0.6) is 0 Å². The molecular formula is C22H28FN3O5S2. The molecule has 2 aromatic carbocycles. The number of halogens is 1. The summed E-state index contributed by atoms with van der Waals surface area (Å²) in [5.41, 5.74) is 1.03. The van der Waals surface area contributed by atoms with Crippen LogP contribution < -0.4 is 4.72 Å². The Morgan fingerprint density at radius 2 is 1.58 bits per heavy atom. The number of nitrogens with one attached hydrogen (secondary N) is 1. The second-order valence-corrected chi connectivity index (χ2v) is 11.8. The Morgan fingerprint density at radius 1 is 0.970 bits per heavy atom. The quantitative estimate of drug-likeness (QED) is 0.602. The smallest absolute Gasteiger partial charge is 0.246 e. The summed E-state index contributed by atoms with van der Waals surface area (Å²) in [6.07, 6.45) is -0.0522. The molecule has 1 saturated heterocycles. The number of hydrogen-bond acceptors (Lipinski definition) is 5. The molecule has 0 unspecified atom stereocenters. The van der Waals surface area contributed by atoms with E-state index in [1.807, 2.05) is 13.8 Å². The molecule has 0 aliphatic carbocycles. The number of hydrogen-bond donors (Lipinski definition) is 1. The van der Waals surface area contributed by atoms with Crippen LogP contribution in [0.3, 0.4) is 0 Å². The summed E-state index contributed by atoms with van der Waals surface area (Å²) in [6, 6.07) is 11.8. The SMILES string of the molecule is CC(C)c1ccc(S(=O)(=O)NCCC(=O)N2CCN(S(=O)(=O)c3ccccc3F)CC2)cc1. The van der Waals surface area contributed by atoms with Gasteiger partial charge >= 0.3 is 0 Å². The molecular weight excluding hydrogens is 469 g/mol. The Hall–Kier alpha value is -2.34. The molecule has 1 N–H and O–H groups in total. The molecule has 0 atom stereocenters. The first-order valence-electron chi connectivity index (χ1n) is 10.6. The van der Waals surface area contributed by atoms with Crippen LogP contribution in [0.4, 0.5) is 4.39 Å². The first kappa shape index (κ1) is 25.3. The van der Waals surface area contributed by atoms with Gasteiger partial charge in [0.2, 0.25) is 26.0 Å². The lowest BCUT2D eigenvalue weighted by Gasteiger charge is -2.34. The van der Waals surface area contributed by atoms with Crippen LogP contribution in [0.2, 0.25) is 0 Å². The van der Waals surface area contributed by atoms with Crippen LogP contribution in [0.25, 0.3) is 0 Å². The normalized spacial score (nSPS) is 15.7. The number of rotatable bonds is 8. The van der Waals surface area contributed by atoms with Crippen molar-refractivity contribution in [2.24, 2.45) is 0 Å². The number of amides is 1. The van der Waals surface area contributed by atoms with E-state index in [1.165, 1.54) is 35.2 Å². The summed E-state index contributed by atoms with van der Waals surface area (Å²) in [5.74, 6) is -0.813. The Balaban J connectivity index is 1.51. The minimum Gasteiger partial charge on any atom is -0.340 e. The summed E-state index contributed by atoms with van der Waals surface area (Å²) >= 11 is 0. The fourth-order valence-electron chi connectivity index (χ4n) is 3.54. The molecule has 0 bridgehead atoms. The van der Waals surface area contributed by atoms with Crippen molar-refractivity contribution < 1.29 is 26.0 Å². The molecule has 11 heteroatoms. The topological polar surface area (TPSA) is 104 Å². The van der Waals surface area contributed by atoms with E-state index in [2.05, 4.69) is 4.72 Å². The Kier molecular flexibility index (Phi) is 7.88. The lowest BCUT2D eigenvalue weighted by atomic mass is 10.0. The minimum absolute atomic E-state index is 0.0380. The minimum atomic E-state index is -3.99. The van der Waals surface area contributed by atoms with Crippen LogP contribution in [-0.4, -0.2) is 64.7 Å². The molecule has 2 aromatic rings. The fourth-order valence-corrected chi connectivity index (χ4v) is 6.06. The molecule has 0 aromatic heterocycles. The average molecular weight is 498 g/mol. The number of sulfonamides is 2. The number of carbonyl (C=O) groups is 1. The van der Waals surface area contributed by atoms with Crippen LogP contribution in [0.15, 0.2) is 58.3 Å². The average Bonchev–Trinajstić information content (AvgIpc) is 2.79. The number of benzene rings is 2. The second-order valence-electron chi connectivity index (χ2n) is 8.09. The monoisotopic (exact) mass is 497 g/mol. The van der Waals surface area contributed by atoms with E-state index in [4.69, 9.17) is 0 Å². The van der Waals surface area contributed by atoms with E-state index in [0.29, 0.717) is 0 Å².